The fourth-order valence-corrected chi connectivity index (χ4v) is 2.81. The van der Waals surface area contributed by atoms with E-state index >= 15 is 0 Å². The van der Waals surface area contributed by atoms with Gasteiger partial charge in [-0.15, -0.1) is 0 Å². The fourth-order valence-electron chi connectivity index (χ4n) is 2.68. The lowest BCUT2D eigenvalue weighted by Crippen LogP contribution is -2.40. The van der Waals surface area contributed by atoms with Crippen molar-refractivity contribution < 1.29 is 0 Å². The predicted octanol–water partition coefficient (Wildman–Crippen LogP) is 3.71. The molecule has 0 aromatic heterocycles. The van der Waals surface area contributed by atoms with Crippen molar-refractivity contribution in [2.24, 2.45) is 0 Å². The van der Waals surface area contributed by atoms with Crippen molar-refractivity contribution in [3.63, 3.8) is 0 Å². The van der Waals surface area contributed by atoms with Crippen molar-refractivity contribution in [2.45, 2.75) is 37.6 Å². The first-order valence-corrected chi connectivity index (χ1v) is 7.20. The van der Waals surface area contributed by atoms with E-state index in [1.807, 2.05) is 24.3 Å². The lowest BCUT2D eigenvalue weighted by Gasteiger charge is -2.31. The number of rotatable bonds is 1. The van der Waals surface area contributed by atoms with Gasteiger partial charge in [0.2, 0.25) is 0 Å². The highest BCUT2D eigenvalue weighted by molar-refractivity contribution is 6.30. The molecule has 0 amide bonds. The predicted molar refractivity (Wildman–Crippen MR) is 75.7 cm³/mol. The van der Waals surface area contributed by atoms with Gasteiger partial charge in [-0.05, 0) is 63.0 Å². The summed E-state index contributed by atoms with van der Waals surface area (Å²) in [7, 11) is 0. The molecule has 2 heteroatoms. The molecule has 1 aromatic carbocycles. The maximum absolute atomic E-state index is 5.88. The largest absolute Gasteiger partial charge is 0.287 e. The Morgan fingerprint density at radius 2 is 1.67 bits per heavy atom. The van der Waals surface area contributed by atoms with Gasteiger partial charge in [-0.25, -0.2) is 0 Å². The molecule has 2 fully saturated rings. The molecule has 1 aromatic rings. The zero-order valence-electron chi connectivity index (χ0n) is 10.6. The maximum Gasteiger partial charge on any atom is 0.0831 e. The first-order chi connectivity index (χ1) is 8.78. The van der Waals surface area contributed by atoms with Gasteiger partial charge in [0.25, 0.3) is 0 Å². The molecule has 1 saturated carbocycles. The first kappa shape index (κ1) is 12.1. The standard InChI is InChI=1S/C16H18ClN/c17-15-6-4-14(5-7-15)8-9-16(10-11-16)18-12-2-1-3-13-18/h4-7H,1-3,10-13H2. The Balaban J connectivity index is 1.74. The first-order valence-electron chi connectivity index (χ1n) is 6.82. The number of piperidine rings is 1. The highest BCUT2D eigenvalue weighted by atomic mass is 35.5. The Kier molecular flexibility index (Phi) is 3.33. The van der Waals surface area contributed by atoms with E-state index in [-0.39, 0.29) is 5.54 Å². The third-order valence-corrected chi connectivity index (χ3v) is 4.22. The van der Waals surface area contributed by atoms with Crippen LogP contribution < -0.4 is 0 Å². The van der Waals surface area contributed by atoms with Crippen LogP contribution in [0.5, 0.6) is 0 Å². The van der Waals surface area contributed by atoms with Crippen molar-refractivity contribution in [2.75, 3.05) is 13.1 Å². The molecule has 94 valence electrons. The quantitative estimate of drug-likeness (QED) is 0.695. The van der Waals surface area contributed by atoms with Crippen LogP contribution in [0.4, 0.5) is 0 Å². The Hall–Kier alpha value is -0.970. The highest BCUT2D eigenvalue weighted by Crippen LogP contribution is 2.42. The monoisotopic (exact) mass is 259 g/mol. The molecule has 3 rings (SSSR count). The average molecular weight is 260 g/mol. The van der Waals surface area contributed by atoms with Crippen LogP contribution in [0.1, 0.15) is 37.7 Å². The van der Waals surface area contributed by atoms with Gasteiger partial charge in [0.05, 0.1) is 5.54 Å². The second-order valence-electron chi connectivity index (χ2n) is 5.34. The molecule has 0 bridgehead atoms. The molecule has 0 radical (unpaired) electrons. The Bertz CT molecular complexity index is 470. The van der Waals surface area contributed by atoms with E-state index in [1.165, 1.54) is 45.2 Å². The molecular weight excluding hydrogens is 242 g/mol. The van der Waals surface area contributed by atoms with Crippen LogP contribution in [0.15, 0.2) is 24.3 Å². The second-order valence-corrected chi connectivity index (χ2v) is 5.77. The summed E-state index contributed by atoms with van der Waals surface area (Å²) in [6, 6.07) is 7.82. The van der Waals surface area contributed by atoms with Crippen molar-refractivity contribution in [1.82, 2.24) is 4.90 Å². The van der Waals surface area contributed by atoms with Gasteiger partial charge in [-0.1, -0.05) is 29.9 Å². The van der Waals surface area contributed by atoms with Crippen LogP contribution in [0.2, 0.25) is 5.02 Å². The molecule has 1 saturated heterocycles. The second kappa shape index (κ2) is 4.96. The van der Waals surface area contributed by atoms with E-state index in [9.17, 15) is 0 Å². The van der Waals surface area contributed by atoms with Gasteiger partial charge >= 0.3 is 0 Å². The number of likely N-dealkylation sites (tertiary alicyclic amines) is 1. The van der Waals surface area contributed by atoms with Crippen molar-refractivity contribution in [3.8, 4) is 11.8 Å². The number of hydrogen-bond acceptors (Lipinski definition) is 1. The normalized spacial score (nSPS) is 22.1. The summed E-state index contributed by atoms with van der Waals surface area (Å²) in [4.78, 5) is 2.60. The number of halogens is 1. The van der Waals surface area contributed by atoms with Crippen LogP contribution in [0.25, 0.3) is 0 Å². The number of nitrogens with zero attached hydrogens (tertiary/aromatic N) is 1. The van der Waals surface area contributed by atoms with Crippen LogP contribution in [0, 0.1) is 11.8 Å². The van der Waals surface area contributed by atoms with Crippen molar-refractivity contribution >= 4 is 11.6 Å². The number of hydrogen-bond donors (Lipinski definition) is 0. The van der Waals surface area contributed by atoms with Gasteiger partial charge in [0.1, 0.15) is 0 Å². The summed E-state index contributed by atoms with van der Waals surface area (Å²) < 4.78 is 0. The smallest absolute Gasteiger partial charge is 0.0831 e. The minimum atomic E-state index is 0.208. The molecule has 1 heterocycles. The summed E-state index contributed by atoms with van der Waals surface area (Å²) in [5.41, 5.74) is 1.28. The molecule has 2 aliphatic rings. The Morgan fingerprint density at radius 3 is 2.28 bits per heavy atom. The van der Waals surface area contributed by atoms with Crippen LogP contribution in [0.3, 0.4) is 0 Å². The Morgan fingerprint density at radius 1 is 1.00 bits per heavy atom. The third kappa shape index (κ3) is 2.55. The molecule has 1 aliphatic carbocycles. The summed E-state index contributed by atoms with van der Waals surface area (Å²) >= 11 is 5.88. The molecule has 18 heavy (non-hydrogen) atoms. The average Bonchev–Trinajstić information content (AvgIpc) is 3.20. The van der Waals surface area contributed by atoms with Crippen LogP contribution >= 0.6 is 11.6 Å². The zero-order valence-corrected chi connectivity index (χ0v) is 11.3. The topological polar surface area (TPSA) is 3.24 Å². The van der Waals surface area contributed by atoms with E-state index in [4.69, 9.17) is 11.6 Å². The molecule has 0 spiro atoms. The molecular formula is C16H18ClN. The van der Waals surface area contributed by atoms with Gasteiger partial charge in [-0.2, -0.15) is 0 Å². The van der Waals surface area contributed by atoms with Crippen molar-refractivity contribution in [3.05, 3.63) is 34.9 Å². The maximum atomic E-state index is 5.88. The fraction of sp³-hybridized carbons (Fsp3) is 0.500. The number of benzene rings is 1. The summed E-state index contributed by atoms with van der Waals surface area (Å²) in [5.74, 6) is 6.83. The molecule has 0 unspecified atom stereocenters. The molecule has 0 atom stereocenters. The van der Waals surface area contributed by atoms with Crippen molar-refractivity contribution in [1.29, 1.82) is 0 Å². The summed E-state index contributed by atoms with van der Waals surface area (Å²) in [6.07, 6.45) is 6.55. The molecule has 1 aliphatic heterocycles. The van der Waals surface area contributed by atoms with E-state index in [0.29, 0.717) is 0 Å². The zero-order chi connectivity index (χ0) is 12.4. The Labute approximate surface area is 114 Å². The van der Waals surface area contributed by atoms with Crippen LogP contribution in [-0.4, -0.2) is 23.5 Å². The molecule has 1 nitrogen and oxygen atoms in total. The SMILES string of the molecule is Clc1ccc(C#CC2(N3CCCCC3)CC2)cc1. The minimum absolute atomic E-state index is 0.208. The molecule has 0 N–H and O–H groups in total. The van der Waals surface area contributed by atoms with Crippen LogP contribution in [-0.2, 0) is 0 Å². The van der Waals surface area contributed by atoms with E-state index < -0.39 is 0 Å². The van der Waals surface area contributed by atoms with Gasteiger partial charge in [0.15, 0.2) is 0 Å². The lowest BCUT2D eigenvalue weighted by atomic mass is 10.1. The minimum Gasteiger partial charge on any atom is -0.287 e. The van der Waals surface area contributed by atoms with E-state index in [0.717, 1.165) is 10.6 Å². The lowest BCUT2D eigenvalue weighted by molar-refractivity contribution is 0.182. The van der Waals surface area contributed by atoms with Gasteiger partial charge in [0, 0.05) is 10.6 Å². The third-order valence-electron chi connectivity index (χ3n) is 3.97. The highest BCUT2D eigenvalue weighted by Gasteiger charge is 2.46. The summed E-state index contributed by atoms with van der Waals surface area (Å²) in [6.45, 7) is 2.46. The van der Waals surface area contributed by atoms with Gasteiger partial charge < -0.3 is 0 Å². The summed E-state index contributed by atoms with van der Waals surface area (Å²) in [5, 5.41) is 0.776. The van der Waals surface area contributed by atoms with Gasteiger partial charge in [-0.3, -0.25) is 4.90 Å². The van der Waals surface area contributed by atoms with E-state index in [1.54, 1.807) is 0 Å². The van der Waals surface area contributed by atoms with E-state index in [2.05, 4.69) is 16.7 Å².